The summed E-state index contributed by atoms with van der Waals surface area (Å²) in [5.74, 6) is -0.835. The second-order valence-corrected chi connectivity index (χ2v) is 3.43. The minimum Gasteiger partial charge on any atom is -0.481 e. The van der Waals surface area contributed by atoms with Crippen molar-refractivity contribution >= 4 is 5.97 Å². The Morgan fingerprint density at radius 1 is 1.21 bits per heavy atom. The third-order valence-electron chi connectivity index (χ3n) is 2.15. The van der Waals surface area contributed by atoms with Gasteiger partial charge in [-0.3, -0.25) is 4.79 Å². The topological polar surface area (TPSA) is 37.3 Å². The molecule has 14 heavy (non-hydrogen) atoms. The van der Waals surface area contributed by atoms with Crippen LogP contribution in [0.3, 0.4) is 0 Å². The molecule has 0 aliphatic rings. The summed E-state index contributed by atoms with van der Waals surface area (Å²) < 4.78 is 25.6. The van der Waals surface area contributed by atoms with Gasteiger partial charge in [-0.25, -0.2) is 8.78 Å². The van der Waals surface area contributed by atoms with Crippen LogP contribution in [-0.2, 0) is 4.79 Å². The van der Waals surface area contributed by atoms with Crippen LogP contribution >= 0.6 is 0 Å². The number of alkyl halides is 2. The highest BCUT2D eigenvalue weighted by molar-refractivity contribution is 5.66. The zero-order valence-corrected chi connectivity index (χ0v) is 8.51. The largest absolute Gasteiger partial charge is 0.481 e. The van der Waals surface area contributed by atoms with E-state index in [0.29, 0.717) is 19.3 Å². The van der Waals surface area contributed by atoms with E-state index in [4.69, 9.17) is 5.11 Å². The minimum absolute atomic E-state index is 0.115. The highest BCUT2D eigenvalue weighted by atomic mass is 19.2. The Balaban J connectivity index is 3.31. The first-order chi connectivity index (χ1) is 6.57. The van der Waals surface area contributed by atoms with E-state index in [-0.39, 0.29) is 19.3 Å². The maximum absolute atomic E-state index is 12.9. The number of halogens is 2. The Labute approximate surface area is 83.3 Å². The van der Waals surface area contributed by atoms with Crippen LogP contribution in [0.4, 0.5) is 8.78 Å². The molecule has 2 atom stereocenters. The molecule has 0 radical (unpaired) electrons. The van der Waals surface area contributed by atoms with Crippen molar-refractivity contribution in [3.05, 3.63) is 0 Å². The van der Waals surface area contributed by atoms with Gasteiger partial charge in [0, 0.05) is 6.42 Å². The molecule has 0 aromatic carbocycles. The Hall–Kier alpha value is -0.670. The zero-order chi connectivity index (χ0) is 11.0. The quantitative estimate of drug-likeness (QED) is 0.622. The minimum atomic E-state index is -1.38. The van der Waals surface area contributed by atoms with E-state index in [0.717, 1.165) is 0 Å². The van der Waals surface area contributed by atoms with Crippen LogP contribution in [0.5, 0.6) is 0 Å². The molecule has 1 N–H and O–H groups in total. The summed E-state index contributed by atoms with van der Waals surface area (Å²) in [7, 11) is 0. The molecule has 0 aromatic rings. The Bertz CT molecular complexity index is 162. The molecule has 0 amide bonds. The Morgan fingerprint density at radius 3 is 2.36 bits per heavy atom. The summed E-state index contributed by atoms with van der Waals surface area (Å²) in [4.78, 5) is 10.1. The van der Waals surface area contributed by atoms with Crippen LogP contribution in [0.1, 0.15) is 45.4 Å². The molecule has 4 heteroatoms. The average molecular weight is 208 g/mol. The third-order valence-corrected chi connectivity index (χ3v) is 2.15. The number of aliphatic carboxylic acids is 1. The first-order valence-electron chi connectivity index (χ1n) is 5.07. The molecule has 0 spiro atoms. The van der Waals surface area contributed by atoms with E-state index in [2.05, 4.69) is 0 Å². The molecule has 0 aromatic heterocycles. The number of rotatable bonds is 8. The van der Waals surface area contributed by atoms with Gasteiger partial charge in [-0.15, -0.1) is 0 Å². The number of carboxylic acids is 1. The highest BCUT2D eigenvalue weighted by Crippen LogP contribution is 2.15. The van der Waals surface area contributed by atoms with Crippen molar-refractivity contribution < 1.29 is 18.7 Å². The van der Waals surface area contributed by atoms with Crippen LogP contribution < -0.4 is 0 Å². The second-order valence-electron chi connectivity index (χ2n) is 3.43. The maximum atomic E-state index is 12.9. The van der Waals surface area contributed by atoms with Gasteiger partial charge in [0.1, 0.15) is 12.3 Å². The van der Waals surface area contributed by atoms with Gasteiger partial charge in [0.25, 0.3) is 0 Å². The van der Waals surface area contributed by atoms with Crippen LogP contribution in [0.15, 0.2) is 0 Å². The molecule has 0 saturated carbocycles. The molecular weight excluding hydrogens is 190 g/mol. The fourth-order valence-corrected chi connectivity index (χ4v) is 1.23. The fourth-order valence-electron chi connectivity index (χ4n) is 1.23. The molecule has 0 aliphatic heterocycles. The first-order valence-corrected chi connectivity index (χ1v) is 5.07. The van der Waals surface area contributed by atoms with E-state index in [9.17, 15) is 13.6 Å². The maximum Gasteiger partial charge on any atom is 0.303 e. The summed E-state index contributed by atoms with van der Waals surface area (Å²) >= 11 is 0. The standard InChI is InChI=1S/C10H18F2O2/c1-2-8(11)9(12)6-4-3-5-7-10(13)14/h8-9H,2-7H2,1H3,(H,13,14). The first kappa shape index (κ1) is 13.3. The average Bonchev–Trinajstić information content (AvgIpc) is 2.15. The van der Waals surface area contributed by atoms with Crippen LogP contribution in [0.25, 0.3) is 0 Å². The lowest BCUT2D eigenvalue weighted by Gasteiger charge is -2.10. The predicted molar refractivity (Wildman–Crippen MR) is 50.8 cm³/mol. The molecule has 2 unspecified atom stereocenters. The van der Waals surface area contributed by atoms with E-state index in [1.54, 1.807) is 6.92 Å². The molecule has 84 valence electrons. The SMILES string of the molecule is CCC(F)C(F)CCCCCC(=O)O. The smallest absolute Gasteiger partial charge is 0.303 e. The summed E-state index contributed by atoms with van der Waals surface area (Å²) in [6.45, 7) is 1.61. The van der Waals surface area contributed by atoms with Crippen molar-refractivity contribution in [2.45, 2.75) is 57.8 Å². The molecule has 0 aliphatic carbocycles. The van der Waals surface area contributed by atoms with E-state index in [1.807, 2.05) is 0 Å². The van der Waals surface area contributed by atoms with Crippen molar-refractivity contribution in [3.63, 3.8) is 0 Å². The fraction of sp³-hybridized carbons (Fsp3) is 0.900. The number of carbonyl (C=O) groups is 1. The predicted octanol–water partition coefficient (Wildman–Crippen LogP) is 3.11. The molecule has 0 bridgehead atoms. The van der Waals surface area contributed by atoms with Gasteiger partial charge in [0.05, 0.1) is 0 Å². The van der Waals surface area contributed by atoms with Gasteiger partial charge in [-0.2, -0.15) is 0 Å². The van der Waals surface area contributed by atoms with Crippen LogP contribution in [0.2, 0.25) is 0 Å². The molecule has 0 saturated heterocycles. The normalized spacial score (nSPS) is 15.1. The van der Waals surface area contributed by atoms with Gasteiger partial charge in [-0.1, -0.05) is 19.8 Å². The van der Waals surface area contributed by atoms with Crippen molar-refractivity contribution in [2.24, 2.45) is 0 Å². The van der Waals surface area contributed by atoms with Gasteiger partial charge in [0.2, 0.25) is 0 Å². The van der Waals surface area contributed by atoms with E-state index >= 15 is 0 Å². The number of hydrogen-bond donors (Lipinski definition) is 1. The summed E-state index contributed by atoms with van der Waals surface area (Å²) in [5.41, 5.74) is 0. The second kappa shape index (κ2) is 7.71. The summed E-state index contributed by atoms with van der Waals surface area (Å²) in [6.07, 6.45) is -0.461. The monoisotopic (exact) mass is 208 g/mol. The van der Waals surface area contributed by atoms with E-state index < -0.39 is 18.3 Å². The molecule has 0 heterocycles. The lowest BCUT2D eigenvalue weighted by molar-refractivity contribution is -0.137. The van der Waals surface area contributed by atoms with Crippen molar-refractivity contribution in [3.8, 4) is 0 Å². The Morgan fingerprint density at radius 2 is 1.86 bits per heavy atom. The zero-order valence-electron chi connectivity index (χ0n) is 8.51. The molecular formula is C10H18F2O2. The van der Waals surface area contributed by atoms with Crippen molar-refractivity contribution in [1.82, 2.24) is 0 Å². The number of hydrogen-bond acceptors (Lipinski definition) is 1. The molecule has 2 nitrogen and oxygen atoms in total. The summed E-state index contributed by atoms with van der Waals surface area (Å²) in [5, 5.41) is 8.31. The lowest BCUT2D eigenvalue weighted by Crippen LogP contribution is -2.15. The summed E-state index contributed by atoms with van der Waals surface area (Å²) in [6, 6.07) is 0. The highest BCUT2D eigenvalue weighted by Gasteiger charge is 2.17. The Kier molecular flexibility index (Phi) is 7.34. The van der Waals surface area contributed by atoms with Gasteiger partial charge in [0.15, 0.2) is 0 Å². The van der Waals surface area contributed by atoms with Gasteiger partial charge in [-0.05, 0) is 19.3 Å². The number of unbranched alkanes of at least 4 members (excludes halogenated alkanes) is 2. The lowest BCUT2D eigenvalue weighted by atomic mass is 10.1. The van der Waals surface area contributed by atoms with Crippen LogP contribution in [-0.4, -0.2) is 23.4 Å². The van der Waals surface area contributed by atoms with Crippen molar-refractivity contribution in [1.29, 1.82) is 0 Å². The molecule has 0 rings (SSSR count). The van der Waals surface area contributed by atoms with Crippen molar-refractivity contribution in [2.75, 3.05) is 0 Å². The molecule has 0 fully saturated rings. The van der Waals surface area contributed by atoms with Gasteiger partial charge < -0.3 is 5.11 Å². The van der Waals surface area contributed by atoms with E-state index in [1.165, 1.54) is 0 Å². The number of carboxylic acid groups (broad SMARTS) is 1. The van der Waals surface area contributed by atoms with Gasteiger partial charge >= 0.3 is 5.97 Å². The third kappa shape index (κ3) is 6.80. The van der Waals surface area contributed by atoms with Crippen LogP contribution in [0, 0.1) is 0 Å².